The van der Waals surface area contributed by atoms with Crippen molar-refractivity contribution in [2.45, 2.75) is 19.5 Å². The monoisotopic (exact) mass is 196 g/mol. The first-order valence-electron chi connectivity index (χ1n) is 3.17. The molecule has 1 aromatic rings. The molecule has 0 aliphatic rings. The van der Waals surface area contributed by atoms with Gasteiger partial charge in [0.1, 0.15) is 10.8 Å². The van der Waals surface area contributed by atoms with Crippen LogP contribution in [0.15, 0.2) is 0 Å². The zero-order chi connectivity index (χ0) is 9.35. The second-order valence-electron chi connectivity index (χ2n) is 2.34. The number of hydrogen-bond acceptors (Lipinski definition) is 3. The molecule has 1 heterocycles. The third-order valence-corrected chi connectivity index (χ3v) is 2.22. The van der Waals surface area contributed by atoms with E-state index in [-0.39, 0.29) is 10.8 Å². The lowest BCUT2D eigenvalue weighted by Crippen LogP contribution is -2.11. The molecule has 0 fully saturated rings. The van der Waals surface area contributed by atoms with Gasteiger partial charge in [-0.25, -0.2) is 4.98 Å². The van der Waals surface area contributed by atoms with Gasteiger partial charge in [0.05, 0.1) is 6.42 Å². The van der Waals surface area contributed by atoms with Crippen LogP contribution >= 0.6 is 11.3 Å². The fourth-order valence-electron chi connectivity index (χ4n) is 0.712. The van der Waals surface area contributed by atoms with Crippen molar-refractivity contribution in [3.63, 3.8) is 0 Å². The lowest BCUT2D eigenvalue weighted by molar-refractivity contribution is -0.127. The molecule has 0 aliphatic heterocycles. The molecule has 12 heavy (non-hydrogen) atoms. The summed E-state index contributed by atoms with van der Waals surface area (Å²) in [6, 6.07) is 0. The van der Waals surface area contributed by atoms with Crippen molar-refractivity contribution >= 4 is 17.2 Å². The molecule has 0 aromatic carbocycles. The number of anilines is 1. The Kier molecular flexibility index (Phi) is 2.27. The van der Waals surface area contributed by atoms with Gasteiger partial charge in [0.25, 0.3) is 0 Å². The van der Waals surface area contributed by atoms with Gasteiger partial charge in [-0.1, -0.05) is 0 Å². The van der Waals surface area contributed by atoms with Crippen LogP contribution in [0, 0.1) is 6.92 Å². The molecule has 0 spiro atoms. The van der Waals surface area contributed by atoms with E-state index in [9.17, 15) is 13.2 Å². The van der Waals surface area contributed by atoms with E-state index < -0.39 is 12.6 Å². The first kappa shape index (κ1) is 9.31. The highest BCUT2D eigenvalue weighted by Crippen LogP contribution is 2.26. The van der Waals surface area contributed by atoms with Crippen LogP contribution in [0.4, 0.5) is 19.0 Å². The maximum absolute atomic E-state index is 11.8. The molecule has 6 heteroatoms. The van der Waals surface area contributed by atoms with Crippen molar-refractivity contribution in [1.29, 1.82) is 0 Å². The van der Waals surface area contributed by atoms with Crippen molar-refractivity contribution in [3.8, 4) is 0 Å². The number of halogens is 3. The normalized spacial score (nSPS) is 12.0. The SMILES string of the molecule is Cc1sc(CC(F)(F)F)nc1N. The van der Waals surface area contributed by atoms with E-state index in [0.29, 0.717) is 4.88 Å². The Labute approximate surface area is 71.2 Å². The van der Waals surface area contributed by atoms with Gasteiger partial charge in [-0.15, -0.1) is 11.3 Å². The van der Waals surface area contributed by atoms with Crippen LogP contribution in [-0.2, 0) is 6.42 Å². The van der Waals surface area contributed by atoms with E-state index in [1.807, 2.05) is 0 Å². The number of thiazole rings is 1. The molecule has 0 amide bonds. The number of nitrogens with zero attached hydrogens (tertiary/aromatic N) is 1. The molecule has 0 radical (unpaired) electrons. The highest BCUT2D eigenvalue weighted by atomic mass is 32.1. The summed E-state index contributed by atoms with van der Waals surface area (Å²) in [5.41, 5.74) is 5.29. The molecule has 0 aliphatic carbocycles. The number of hydrogen-bond donors (Lipinski definition) is 1. The fraction of sp³-hybridized carbons (Fsp3) is 0.500. The molecular weight excluding hydrogens is 189 g/mol. The molecule has 68 valence electrons. The van der Waals surface area contributed by atoms with Crippen LogP contribution in [-0.4, -0.2) is 11.2 Å². The second-order valence-corrected chi connectivity index (χ2v) is 3.63. The fourth-order valence-corrected chi connectivity index (χ4v) is 1.60. The van der Waals surface area contributed by atoms with E-state index in [1.165, 1.54) is 0 Å². The van der Waals surface area contributed by atoms with Crippen LogP contribution in [0.25, 0.3) is 0 Å². The zero-order valence-corrected chi connectivity index (χ0v) is 7.09. The molecule has 1 rings (SSSR count). The molecule has 0 atom stereocenters. The summed E-state index contributed by atoms with van der Waals surface area (Å²) >= 11 is 0.985. The molecule has 2 N–H and O–H groups in total. The standard InChI is InChI=1S/C6H7F3N2S/c1-3-5(10)11-4(12-3)2-6(7,8)9/h2,10H2,1H3. The van der Waals surface area contributed by atoms with Gasteiger partial charge in [0.2, 0.25) is 0 Å². The maximum atomic E-state index is 11.8. The number of aromatic nitrogens is 1. The molecule has 1 aromatic heterocycles. The van der Waals surface area contributed by atoms with Crippen LogP contribution in [0.3, 0.4) is 0 Å². The molecular formula is C6H7F3N2S. The maximum Gasteiger partial charge on any atom is 0.395 e. The minimum absolute atomic E-state index is 0.0255. The van der Waals surface area contributed by atoms with Crippen molar-refractivity contribution < 1.29 is 13.2 Å². The highest BCUT2D eigenvalue weighted by Gasteiger charge is 2.29. The lowest BCUT2D eigenvalue weighted by atomic mass is 10.4. The summed E-state index contributed by atoms with van der Waals surface area (Å²) in [5.74, 6) is 0.194. The molecule has 2 nitrogen and oxygen atoms in total. The van der Waals surface area contributed by atoms with Crippen LogP contribution in [0.1, 0.15) is 9.88 Å². The number of alkyl halides is 3. The van der Waals surface area contributed by atoms with Gasteiger partial charge in [0, 0.05) is 4.88 Å². The zero-order valence-electron chi connectivity index (χ0n) is 6.27. The summed E-state index contributed by atoms with van der Waals surface area (Å²) < 4.78 is 35.4. The third-order valence-electron chi connectivity index (χ3n) is 1.23. The Morgan fingerprint density at radius 2 is 2.08 bits per heavy atom. The first-order chi connectivity index (χ1) is 5.38. The van der Waals surface area contributed by atoms with Gasteiger partial charge in [-0.2, -0.15) is 13.2 Å². The Hall–Kier alpha value is -0.780. The smallest absolute Gasteiger partial charge is 0.383 e. The van der Waals surface area contributed by atoms with Crippen molar-refractivity contribution in [1.82, 2.24) is 4.98 Å². The average Bonchev–Trinajstić information content (AvgIpc) is 2.07. The molecule has 0 saturated heterocycles. The largest absolute Gasteiger partial charge is 0.395 e. The van der Waals surface area contributed by atoms with Crippen molar-refractivity contribution in [2.75, 3.05) is 5.73 Å². The summed E-state index contributed by atoms with van der Waals surface area (Å²) in [5, 5.41) is 0.0255. The quantitative estimate of drug-likeness (QED) is 0.747. The highest BCUT2D eigenvalue weighted by molar-refractivity contribution is 7.12. The number of aryl methyl sites for hydroxylation is 1. The summed E-state index contributed by atoms with van der Waals surface area (Å²) in [6.07, 6.45) is -5.19. The molecule has 0 unspecified atom stereocenters. The predicted octanol–water partition coefficient (Wildman–Crippen LogP) is 2.14. The van der Waals surface area contributed by atoms with Crippen LogP contribution < -0.4 is 5.73 Å². The minimum Gasteiger partial charge on any atom is -0.383 e. The minimum atomic E-state index is -4.20. The Morgan fingerprint density at radius 1 is 1.50 bits per heavy atom. The van der Waals surface area contributed by atoms with E-state index in [4.69, 9.17) is 5.73 Å². The molecule has 0 saturated carbocycles. The predicted molar refractivity (Wildman–Crippen MR) is 41.0 cm³/mol. The van der Waals surface area contributed by atoms with Gasteiger partial charge >= 0.3 is 6.18 Å². The van der Waals surface area contributed by atoms with Gasteiger partial charge in [0.15, 0.2) is 0 Å². The second kappa shape index (κ2) is 2.93. The Balaban J connectivity index is 2.77. The van der Waals surface area contributed by atoms with Crippen molar-refractivity contribution in [3.05, 3.63) is 9.88 Å². The Morgan fingerprint density at radius 3 is 2.42 bits per heavy atom. The number of nitrogens with two attached hydrogens (primary N) is 1. The lowest BCUT2D eigenvalue weighted by Gasteiger charge is -2.01. The summed E-state index contributed by atoms with van der Waals surface area (Å²) in [6.45, 7) is 1.65. The van der Waals surface area contributed by atoms with E-state index in [1.54, 1.807) is 6.92 Å². The van der Waals surface area contributed by atoms with Crippen LogP contribution in [0.5, 0.6) is 0 Å². The van der Waals surface area contributed by atoms with Gasteiger partial charge in [-0.05, 0) is 6.92 Å². The summed E-state index contributed by atoms with van der Waals surface area (Å²) in [7, 11) is 0. The van der Waals surface area contributed by atoms with Crippen molar-refractivity contribution in [2.24, 2.45) is 0 Å². The number of rotatable bonds is 1. The van der Waals surface area contributed by atoms with Gasteiger partial charge < -0.3 is 5.73 Å². The van der Waals surface area contributed by atoms with E-state index >= 15 is 0 Å². The van der Waals surface area contributed by atoms with E-state index in [0.717, 1.165) is 11.3 Å². The summed E-state index contributed by atoms with van der Waals surface area (Å²) in [4.78, 5) is 4.21. The van der Waals surface area contributed by atoms with Gasteiger partial charge in [-0.3, -0.25) is 0 Å². The average molecular weight is 196 g/mol. The topological polar surface area (TPSA) is 38.9 Å². The van der Waals surface area contributed by atoms with E-state index in [2.05, 4.69) is 4.98 Å². The van der Waals surface area contributed by atoms with Crippen LogP contribution in [0.2, 0.25) is 0 Å². The Bertz CT molecular complexity index is 259. The third kappa shape index (κ3) is 2.37. The molecule has 0 bridgehead atoms. The first-order valence-corrected chi connectivity index (χ1v) is 3.98. The number of nitrogen functional groups attached to an aromatic ring is 1.